The van der Waals surface area contributed by atoms with Gasteiger partial charge in [0.1, 0.15) is 5.54 Å². The van der Waals surface area contributed by atoms with Gasteiger partial charge >= 0.3 is 5.97 Å². The lowest BCUT2D eigenvalue weighted by molar-refractivity contribution is -0.143. The highest BCUT2D eigenvalue weighted by Gasteiger charge is 2.46. The Kier molecular flexibility index (Phi) is 2.49. The normalized spacial score (nSPS) is 30.3. The lowest BCUT2D eigenvalue weighted by Crippen LogP contribution is -2.49. The monoisotopic (exact) mass is 205 g/mol. The quantitative estimate of drug-likeness (QED) is 0.773. The summed E-state index contributed by atoms with van der Waals surface area (Å²) in [5, 5.41) is 9.18. The second kappa shape index (κ2) is 3.66. The first-order chi connectivity index (χ1) is 7.14. The molecule has 1 aliphatic rings. The first kappa shape index (κ1) is 10.2. The van der Waals surface area contributed by atoms with Crippen LogP contribution in [0.4, 0.5) is 0 Å². The highest BCUT2D eigenvalue weighted by atomic mass is 16.4. The van der Waals surface area contributed by atoms with Crippen LogP contribution in [0.25, 0.3) is 0 Å². The molecule has 1 aromatic rings. The third kappa shape index (κ3) is 1.63. The van der Waals surface area contributed by atoms with Gasteiger partial charge in [-0.25, -0.2) is 0 Å². The van der Waals surface area contributed by atoms with Crippen LogP contribution in [0.2, 0.25) is 0 Å². The largest absolute Gasteiger partial charge is 0.480 e. The molecule has 0 saturated heterocycles. The summed E-state index contributed by atoms with van der Waals surface area (Å²) in [4.78, 5) is 11.2. The second-order valence-corrected chi connectivity index (χ2v) is 4.20. The number of hydrogen-bond donors (Lipinski definition) is 2. The molecule has 3 N–H and O–H groups in total. The standard InChI is InChI=1S/C12H15NO2/c13-12(11(14)15)8-4-7-10(12)9-5-2-1-3-6-9/h1-3,5-6,10H,4,7-8,13H2,(H,14,15). The van der Waals surface area contributed by atoms with Crippen molar-refractivity contribution in [2.24, 2.45) is 5.73 Å². The molecule has 0 amide bonds. The molecule has 0 heterocycles. The van der Waals surface area contributed by atoms with E-state index in [-0.39, 0.29) is 5.92 Å². The summed E-state index contributed by atoms with van der Waals surface area (Å²) < 4.78 is 0. The van der Waals surface area contributed by atoms with Crippen molar-refractivity contribution in [1.29, 1.82) is 0 Å². The van der Waals surface area contributed by atoms with E-state index in [0.29, 0.717) is 6.42 Å². The van der Waals surface area contributed by atoms with Crippen LogP contribution in [0.5, 0.6) is 0 Å². The van der Waals surface area contributed by atoms with Gasteiger partial charge in [0.15, 0.2) is 0 Å². The van der Waals surface area contributed by atoms with Crippen molar-refractivity contribution in [1.82, 2.24) is 0 Å². The first-order valence-corrected chi connectivity index (χ1v) is 5.22. The van der Waals surface area contributed by atoms with Crippen LogP contribution in [-0.4, -0.2) is 16.6 Å². The number of rotatable bonds is 2. The van der Waals surface area contributed by atoms with Crippen molar-refractivity contribution in [2.45, 2.75) is 30.7 Å². The zero-order valence-corrected chi connectivity index (χ0v) is 8.52. The molecule has 2 atom stereocenters. The summed E-state index contributed by atoms with van der Waals surface area (Å²) in [7, 11) is 0. The van der Waals surface area contributed by atoms with Gasteiger partial charge < -0.3 is 10.8 Å². The molecular formula is C12H15NO2. The summed E-state index contributed by atoms with van der Waals surface area (Å²) in [6, 6.07) is 9.70. The highest BCUT2D eigenvalue weighted by molar-refractivity contribution is 5.80. The zero-order chi connectivity index (χ0) is 10.9. The molecular weight excluding hydrogens is 190 g/mol. The van der Waals surface area contributed by atoms with Gasteiger partial charge in [-0.1, -0.05) is 36.8 Å². The minimum atomic E-state index is -1.07. The summed E-state index contributed by atoms with van der Waals surface area (Å²) in [5.41, 5.74) is 5.95. The molecule has 1 fully saturated rings. The van der Waals surface area contributed by atoms with E-state index in [1.54, 1.807) is 0 Å². The number of hydrogen-bond acceptors (Lipinski definition) is 2. The summed E-state index contributed by atoms with van der Waals surface area (Å²) in [6.07, 6.45) is 2.33. The van der Waals surface area contributed by atoms with Gasteiger partial charge in [0.25, 0.3) is 0 Å². The Labute approximate surface area is 88.9 Å². The van der Waals surface area contributed by atoms with Gasteiger partial charge in [-0.2, -0.15) is 0 Å². The van der Waals surface area contributed by atoms with E-state index in [1.165, 1.54) is 0 Å². The first-order valence-electron chi connectivity index (χ1n) is 5.22. The van der Waals surface area contributed by atoms with Gasteiger partial charge in [-0.05, 0) is 18.4 Å². The van der Waals surface area contributed by atoms with Crippen LogP contribution < -0.4 is 5.73 Å². The van der Waals surface area contributed by atoms with Crippen molar-refractivity contribution >= 4 is 5.97 Å². The van der Waals surface area contributed by atoms with E-state index < -0.39 is 11.5 Å². The second-order valence-electron chi connectivity index (χ2n) is 4.20. The SMILES string of the molecule is NC1(C(=O)O)CCCC1c1ccccc1. The average molecular weight is 205 g/mol. The molecule has 0 spiro atoms. The molecule has 1 saturated carbocycles. The highest BCUT2D eigenvalue weighted by Crippen LogP contribution is 2.41. The van der Waals surface area contributed by atoms with Crippen molar-refractivity contribution in [3.05, 3.63) is 35.9 Å². The summed E-state index contributed by atoms with van der Waals surface area (Å²) in [6.45, 7) is 0. The molecule has 1 aromatic carbocycles. The molecule has 0 radical (unpaired) electrons. The number of aliphatic carboxylic acids is 1. The van der Waals surface area contributed by atoms with Crippen LogP contribution in [0.3, 0.4) is 0 Å². The molecule has 2 unspecified atom stereocenters. The van der Waals surface area contributed by atoms with E-state index in [0.717, 1.165) is 18.4 Å². The Morgan fingerprint density at radius 2 is 2.07 bits per heavy atom. The van der Waals surface area contributed by atoms with Crippen molar-refractivity contribution in [2.75, 3.05) is 0 Å². The van der Waals surface area contributed by atoms with E-state index in [2.05, 4.69) is 0 Å². The minimum Gasteiger partial charge on any atom is -0.480 e. The van der Waals surface area contributed by atoms with Crippen molar-refractivity contribution < 1.29 is 9.90 Å². The topological polar surface area (TPSA) is 63.3 Å². The third-order valence-electron chi connectivity index (χ3n) is 3.31. The maximum absolute atomic E-state index is 11.2. The minimum absolute atomic E-state index is 0.0452. The number of carbonyl (C=O) groups is 1. The fraction of sp³-hybridized carbons (Fsp3) is 0.417. The maximum Gasteiger partial charge on any atom is 0.324 e. The molecule has 3 heteroatoms. The Morgan fingerprint density at radius 1 is 1.40 bits per heavy atom. The molecule has 3 nitrogen and oxygen atoms in total. The van der Waals surface area contributed by atoms with E-state index >= 15 is 0 Å². The maximum atomic E-state index is 11.2. The Hall–Kier alpha value is -1.35. The van der Waals surface area contributed by atoms with Gasteiger partial charge in [0.2, 0.25) is 0 Å². The van der Waals surface area contributed by atoms with Gasteiger partial charge in [-0.15, -0.1) is 0 Å². The fourth-order valence-electron chi connectivity index (χ4n) is 2.44. The number of benzene rings is 1. The Morgan fingerprint density at radius 3 is 2.67 bits per heavy atom. The molecule has 15 heavy (non-hydrogen) atoms. The Bertz CT molecular complexity index is 363. The van der Waals surface area contributed by atoms with Crippen LogP contribution in [-0.2, 0) is 4.79 Å². The van der Waals surface area contributed by atoms with Crippen LogP contribution in [0.1, 0.15) is 30.7 Å². The summed E-state index contributed by atoms with van der Waals surface area (Å²) in [5.74, 6) is -0.926. The fourth-order valence-corrected chi connectivity index (χ4v) is 2.44. The zero-order valence-electron chi connectivity index (χ0n) is 8.52. The lowest BCUT2D eigenvalue weighted by atomic mass is 9.83. The van der Waals surface area contributed by atoms with E-state index in [4.69, 9.17) is 5.73 Å². The summed E-state index contributed by atoms with van der Waals surface area (Å²) >= 11 is 0. The average Bonchev–Trinajstić information content (AvgIpc) is 2.63. The molecule has 80 valence electrons. The Balaban J connectivity index is 2.34. The molecule has 2 rings (SSSR count). The smallest absolute Gasteiger partial charge is 0.324 e. The van der Waals surface area contributed by atoms with E-state index in [1.807, 2.05) is 30.3 Å². The molecule has 1 aliphatic carbocycles. The van der Waals surface area contributed by atoms with Gasteiger partial charge in [-0.3, -0.25) is 4.79 Å². The number of carboxylic acids is 1. The lowest BCUT2D eigenvalue weighted by Gasteiger charge is -2.27. The molecule has 0 aliphatic heterocycles. The van der Waals surface area contributed by atoms with Crippen LogP contribution >= 0.6 is 0 Å². The number of carboxylic acid groups (broad SMARTS) is 1. The van der Waals surface area contributed by atoms with Crippen LogP contribution in [0.15, 0.2) is 30.3 Å². The molecule has 0 aromatic heterocycles. The third-order valence-corrected chi connectivity index (χ3v) is 3.31. The molecule has 0 bridgehead atoms. The van der Waals surface area contributed by atoms with Crippen molar-refractivity contribution in [3.63, 3.8) is 0 Å². The van der Waals surface area contributed by atoms with Crippen molar-refractivity contribution in [3.8, 4) is 0 Å². The predicted octanol–water partition coefficient (Wildman–Crippen LogP) is 1.74. The van der Waals surface area contributed by atoms with Gasteiger partial charge in [0.05, 0.1) is 0 Å². The predicted molar refractivity (Wildman–Crippen MR) is 57.6 cm³/mol. The van der Waals surface area contributed by atoms with Gasteiger partial charge in [0, 0.05) is 5.92 Å². The van der Waals surface area contributed by atoms with Crippen LogP contribution in [0, 0.1) is 0 Å². The number of nitrogens with two attached hydrogens (primary N) is 1. The van der Waals surface area contributed by atoms with E-state index in [9.17, 15) is 9.90 Å².